The van der Waals surface area contributed by atoms with Gasteiger partial charge in [0, 0.05) is 24.4 Å². The summed E-state index contributed by atoms with van der Waals surface area (Å²) in [6.45, 7) is 1.23. The summed E-state index contributed by atoms with van der Waals surface area (Å²) in [5.41, 5.74) is -1.84. The second-order valence-corrected chi connectivity index (χ2v) is 6.10. The standard InChI is InChI=1S/C19H14F5N3O/c1-10-15(21)14(20)8-12(11-6-4-3-5-7-11)16(10)25-18(28)13-9-27(2)26-17(13)19(22,23)24/h3-9H,1-2H3,(H,25,28). The lowest BCUT2D eigenvalue weighted by molar-refractivity contribution is -0.141. The second-order valence-electron chi connectivity index (χ2n) is 6.10. The number of nitrogens with zero attached hydrogens (tertiary/aromatic N) is 2. The van der Waals surface area contributed by atoms with E-state index in [4.69, 9.17) is 0 Å². The molecule has 1 N–H and O–H groups in total. The van der Waals surface area contributed by atoms with Crippen LogP contribution in [0.4, 0.5) is 27.6 Å². The summed E-state index contributed by atoms with van der Waals surface area (Å²) < 4.78 is 68.3. The number of halogens is 5. The minimum atomic E-state index is -4.85. The van der Waals surface area contributed by atoms with Crippen molar-refractivity contribution in [2.45, 2.75) is 13.1 Å². The summed E-state index contributed by atoms with van der Waals surface area (Å²) in [6.07, 6.45) is -3.94. The highest BCUT2D eigenvalue weighted by Gasteiger charge is 2.39. The molecule has 2 aromatic carbocycles. The first-order chi connectivity index (χ1) is 13.1. The molecule has 0 unspecified atom stereocenters. The lowest BCUT2D eigenvalue weighted by atomic mass is 9.99. The fraction of sp³-hybridized carbons (Fsp3) is 0.158. The molecule has 3 aromatic rings. The normalized spacial score (nSPS) is 11.5. The first-order valence-corrected chi connectivity index (χ1v) is 8.05. The van der Waals surface area contributed by atoms with Crippen LogP contribution in [-0.4, -0.2) is 15.7 Å². The van der Waals surface area contributed by atoms with E-state index in [1.807, 2.05) is 0 Å². The van der Waals surface area contributed by atoms with Crippen molar-refractivity contribution in [2.24, 2.45) is 7.05 Å². The Bertz CT molecular complexity index is 1040. The largest absolute Gasteiger partial charge is 0.435 e. The van der Waals surface area contributed by atoms with Gasteiger partial charge in [0.05, 0.1) is 11.3 Å². The predicted octanol–water partition coefficient (Wildman–Crippen LogP) is 4.94. The average molecular weight is 395 g/mol. The Hall–Kier alpha value is -3.23. The first kappa shape index (κ1) is 19.5. The van der Waals surface area contributed by atoms with E-state index in [2.05, 4.69) is 10.4 Å². The highest BCUT2D eigenvalue weighted by molar-refractivity contribution is 6.07. The average Bonchev–Trinajstić information content (AvgIpc) is 3.05. The molecule has 0 aliphatic rings. The van der Waals surface area contributed by atoms with Crippen LogP contribution in [0.25, 0.3) is 11.1 Å². The van der Waals surface area contributed by atoms with Crippen molar-refractivity contribution in [3.63, 3.8) is 0 Å². The zero-order valence-corrected chi connectivity index (χ0v) is 14.7. The van der Waals surface area contributed by atoms with Gasteiger partial charge in [-0.15, -0.1) is 0 Å². The molecule has 0 fully saturated rings. The topological polar surface area (TPSA) is 46.9 Å². The number of anilines is 1. The highest BCUT2D eigenvalue weighted by Crippen LogP contribution is 2.35. The molecular formula is C19H14F5N3O. The molecule has 0 spiro atoms. The van der Waals surface area contributed by atoms with E-state index in [1.54, 1.807) is 30.3 Å². The third-order valence-corrected chi connectivity index (χ3v) is 4.12. The van der Waals surface area contributed by atoms with Crippen LogP contribution in [0.1, 0.15) is 21.6 Å². The van der Waals surface area contributed by atoms with Crippen LogP contribution in [0.5, 0.6) is 0 Å². The van der Waals surface area contributed by atoms with Gasteiger partial charge in [0.25, 0.3) is 5.91 Å². The Morgan fingerprint density at radius 1 is 1.14 bits per heavy atom. The third kappa shape index (κ3) is 3.60. The smallest absolute Gasteiger partial charge is 0.321 e. The Balaban J connectivity index is 2.11. The number of hydrogen-bond donors (Lipinski definition) is 1. The summed E-state index contributed by atoms with van der Waals surface area (Å²) >= 11 is 0. The van der Waals surface area contributed by atoms with E-state index in [0.29, 0.717) is 5.56 Å². The molecule has 0 aliphatic heterocycles. The molecule has 146 valence electrons. The fourth-order valence-electron chi connectivity index (χ4n) is 2.80. The molecular weight excluding hydrogens is 381 g/mol. The van der Waals surface area contributed by atoms with Crippen LogP contribution < -0.4 is 5.32 Å². The highest BCUT2D eigenvalue weighted by atomic mass is 19.4. The molecule has 1 amide bonds. The van der Waals surface area contributed by atoms with Crippen LogP contribution in [0, 0.1) is 18.6 Å². The van der Waals surface area contributed by atoms with E-state index in [1.165, 1.54) is 14.0 Å². The van der Waals surface area contributed by atoms with Gasteiger partial charge in [-0.2, -0.15) is 18.3 Å². The summed E-state index contributed by atoms with van der Waals surface area (Å²) in [5.74, 6) is -3.46. The zero-order chi connectivity index (χ0) is 20.6. The minimum absolute atomic E-state index is 0.118. The van der Waals surface area contributed by atoms with Crippen molar-refractivity contribution >= 4 is 11.6 Å². The van der Waals surface area contributed by atoms with Crippen molar-refractivity contribution in [1.29, 1.82) is 0 Å². The fourth-order valence-corrected chi connectivity index (χ4v) is 2.80. The number of alkyl halides is 3. The molecule has 1 heterocycles. The summed E-state index contributed by atoms with van der Waals surface area (Å²) in [7, 11) is 1.24. The minimum Gasteiger partial charge on any atom is -0.321 e. The van der Waals surface area contributed by atoms with E-state index in [0.717, 1.165) is 16.9 Å². The SMILES string of the molecule is Cc1c(F)c(F)cc(-c2ccccc2)c1NC(=O)c1cn(C)nc1C(F)(F)F. The summed E-state index contributed by atoms with van der Waals surface area (Å²) in [5, 5.41) is 5.56. The van der Waals surface area contributed by atoms with Crippen LogP contribution in [0.3, 0.4) is 0 Å². The first-order valence-electron chi connectivity index (χ1n) is 8.05. The quantitative estimate of drug-likeness (QED) is 0.639. The molecule has 0 atom stereocenters. The van der Waals surface area contributed by atoms with Gasteiger partial charge in [-0.3, -0.25) is 9.48 Å². The monoisotopic (exact) mass is 395 g/mol. The van der Waals surface area contributed by atoms with Crippen molar-refractivity contribution < 1.29 is 26.7 Å². The Labute approximate surface area is 156 Å². The van der Waals surface area contributed by atoms with Crippen LogP contribution in [0.2, 0.25) is 0 Å². The van der Waals surface area contributed by atoms with Gasteiger partial charge in [-0.25, -0.2) is 8.78 Å². The maximum Gasteiger partial charge on any atom is 0.435 e. The summed E-state index contributed by atoms with van der Waals surface area (Å²) in [6, 6.07) is 9.11. The number of aromatic nitrogens is 2. The molecule has 0 saturated heterocycles. The molecule has 28 heavy (non-hydrogen) atoms. The molecule has 0 bridgehead atoms. The molecule has 0 aliphatic carbocycles. The van der Waals surface area contributed by atoms with E-state index in [9.17, 15) is 26.7 Å². The number of aryl methyl sites for hydroxylation is 1. The predicted molar refractivity (Wildman–Crippen MR) is 92.7 cm³/mol. The van der Waals surface area contributed by atoms with Gasteiger partial charge >= 0.3 is 6.18 Å². The van der Waals surface area contributed by atoms with Gasteiger partial charge in [0.2, 0.25) is 0 Å². The maximum atomic E-state index is 14.1. The molecule has 1 aromatic heterocycles. The van der Waals surface area contributed by atoms with E-state index >= 15 is 0 Å². The van der Waals surface area contributed by atoms with Crippen molar-refractivity contribution in [3.8, 4) is 11.1 Å². The Morgan fingerprint density at radius 3 is 2.39 bits per heavy atom. The number of benzene rings is 2. The van der Waals surface area contributed by atoms with Crippen LogP contribution in [-0.2, 0) is 13.2 Å². The third-order valence-electron chi connectivity index (χ3n) is 4.12. The number of hydrogen-bond acceptors (Lipinski definition) is 2. The molecule has 9 heteroatoms. The lowest BCUT2D eigenvalue weighted by Crippen LogP contribution is -2.19. The van der Waals surface area contributed by atoms with Gasteiger partial charge in [0.1, 0.15) is 0 Å². The maximum absolute atomic E-state index is 14.1. The van der Waals surface area contributed by atoms with Crippen molar-refractivity contribution in [1.82, 2.24) is 9.78 Å². The molecule has 0 radical (unpaired) electrons. The lowest BCUT2D eigenvalue weighted by Gasteiger charge is -2.16. The number of amides is 1. The van der Waals surface area contributed by atoms with Crippen LogP contribution in [0.15, 0.2) is 42.6 Å². The number of carbonyl (C=O) groups is 1. The van der Waals surface area contributed by atoms with Crippen LogP contribution >= 0.6 is 0 Å². The number of carbonyl (C=O) groups excluding carboxylic acids is 1. The zero-order valence-electron chi connectivity index (χ0n) is 14.7. The van der Waals surface area contributed by atoms with Gasteiger partial charge in [-0.05, 0) is 18.6 Å². The van der Waals surface area contributed by atoms with Crippen molar-refractivity contribution in [2.75, 3.05) is 5.32 Å². The number of rotatable bonds is 3. The summed E-state index contributed by atoms with van der Waals surface area (Å²) in [4.78, 5) is 12.5. The Kier molecular flexibility index (Phi) is 4.93. The van der Waals surface area contributed by atoms with Gasteiger partial charge in [0.15, 0.2) is 17.3 Å². The number of nitrogens with one attached hydrogen (secondary N) is 1. The van der Waals surface area contributed by atoms with Crippen molar-refractivity contribution in [3.05, 3.63) is 71.1 Å². The van der Waals surface area contributed by atoms with Gasteiger partial charge in [-0.1, -0.05) is 30.3 Å². The van der Waals surface area contributed by atoms with E-state index in [-0.39, 0.29) is 16.8 Å². The molecule has 4 nitrogen and oxygen atoms in total. The Morgan fingerprint density at radius 2 is 1.79 bits per heavy atom. The molecule has 0 saturated carbocycles. The van der Waals surface area contributed by atoms with Gasteiger partial charge < -0.3 is 5.32 Å². The second kappa shape index (κ2) is 7.06. The van der Waals surface area contributed by atoms with E-state index < -0.39 is 35.0 Å². The molecule has 3 rings (SSSR count).